The number of likely N-dealkylation sites (tertiary alicyclic amines) is 1. The van der Waals surface area contributed by atoms with E-state index in [1.54, 1.807) is 6.20 Å². The van der Waals surface area contributed by atoms with Gasteiger partial charge in [-0.05, 0) is 25.0 Å². The van der Waals surface area contributed by atoms with Crippen LogP contribution in [0.15, 0.2) is 42.6 Å². The van der Waals surface area contributed by atoms with Crippen molar-refractivity contribution in [2.24, 2.45) is 5.41 Å². The molecule has 2 aromatic heterocycles. The quantitative estimate of drug-likeness (QED) is 0.717. The summed E-state index contributed by atoms with van der Waals surface area (Å²) in [6, 6.07) is 11.7. The predicted octanol–water partition coefficient (Wildman–Crippen LogP) is 2.11. The van der Waals surface area contributed by atoms with E-state index in [0.717, 1.165) is 55.6 Å². The van der Waals surface area contributed by atoms with Crippen LogP contribution in [0, 0.1) is 5.41 Å². The first-order valence-corrected chi connectivity index (χ1v) is 10.5. The second-order valence-corrected chi connectivity index (χ2v) is 8.44. The van der Waals surface area contributed by atoms with E-state index in [0.29, 0.717) is 25.5 Å². The minimum Gasteiger partial charge on any atom is -0.379 e. The summed E-state index contributed by atoms with van der Waals surface area (Å²) in [6.45, 7) is 5.30. The second kappa shape index (κ2) is 8.12. The van der Waals surface area contributed by atoms with Gasteiger partial charge in [0.1, 0.15) is 5.69 Å². The van der Waals surface area contributed by atoms with E-state index < -0.39 is 0 Å². The van der Waals surface area contributed by atoms with Gasteiger partial charge in [-0.15, -0.1) is 0 Å². The third-order valence-corrected chi connectivity index (χ3v) is 6.14. The average molecular weight is 406 g/mol. The zero-order valence-corrected chi connectivity index (χ0v) is 17.0. The number of rotatable bonds is 3. The molecule has 30 heavy (non-hydrogen) atoms. The van der Waals surface area contributed by atoms with Crippen LogP contribution in [0.2, 0.25) is 0 Å². The van der Waals surface area contributed by atoms with E-state index in [2.05, 4.69) is 25.3 Å². The van der Waals surface area contributed by atoms with E-state index in [-0.39, 0.29) is 11.3 Å². The number of benzene rings is 1. The number of para-hydroxylation sites is 1. The number of H-pyrrole nitrogens is 1. The Bertz CT molecular complexity index is 1020. The minimum atomic E-state index is -0.0645. The number of pyridine rings is 1. The van der Waals surface area contributed by atoms with Crippen LogP contribution in [0.5, 0.6) is 0 Å². The second-order valence-electron chi connectivity index (χ2n) is 8.44. The fourth-order valence-electron chi connectivity index (χ4n) is 4.72. The maximum Gasteiger partial charge on any atom is 0.272 e. The van der Waals surface area contributed by atoms with Gasteiger partial charge in [-0.2, -0.15) is 15.4 Å². The van der Waals surface area contributed by atoms with Gasteiger partial charge in [0.15, 0.2) is 0 Å². The van der Waals surface area contributed by atoms with Crippen LogP contribution in [0.25, 0.3) is 10.9 Å². The molecule has 4 heterocycles. The van der Waals surface area contributed by atoms with Crippen molar-refractivity contribution < 1.29 is 9.53 Å². The summed E-state index contributed by atoms with van der Waals surface area (Å²) in [5.74, 6) is 0.00660. The molecule has 2 fully saturated rings. The molecule has 0 unspecified atom stereocenters. The number of ether oxygens (including phenoxy) is 1. The molecule has 0 bridgehead atoms. The molecule has 8 heteroatoms. The van der Waals surface area contributed by atoms with Crippen LogP contribution < -0.4 is 0 Å². The van der Waals surface area contributed by atoms with Crippen molar-refractivity contribution in [3.05, 3.63) is 54.0 Å². The summed E-state index contributed by atoms with van der Waals surface area (Å²) in [5.41, 5.74) is 2.23. The third-order valence-electron chi connectivity index (χ3n) is 6.14. The number of aromatic nitrogens is 4. The van der Waals surface area contributed by atoms with E-state index in [1.165, 1.54) is 0 Å². The Morgan fingerprint density at radius 1 is 1.17 bits per heavy atom. The number of hydrogen-bond acceptors (Lipinski definition) is 6. The molecule has 2 aliphatic rings. The molecule has 1 N–H and O–H groups in total. The van der Waals surface area contributed by atoms with E-state index in [1.807, 2.05) is 41.3 Å². The zero-order chi connectivity index (χ0) is 20.4. The number of amides is 1. The van der Waals surface area contributed by atoms with Crippen molar-refractivity contribution in [3.8, 4) is 0 Å². The Hall–Kier alpha value is -2.84. The fraction of sp³-hybridized carbons (Fsp3) is 0.455. The molecule has 0 aliphatic carbocycles. The number of carbonyl (C=O) groups is 1. The number of fused-ring (bicyclic) bond motifs is 1. The molecule has 2 saturated heterocycles. The van der Waals surface area contributed by atoms with Crippen molar-refractivity contribution in [1.82, 2.24) is 30.2 Å². The Labute approximate surface area is 175 Å². The first-order chi connectivity index (χ1) is 14.7. The van der Waals surface area contributed by atoms with Crippen LogP contribution >= 0.6 is 0 Å². The van der Waals surface area contributed by atoms with Gasteiger partial charge >= 0.3 is 0 Å². The largest absolute Gasteiger partial charge is 0.379 e. The molecule has 156 valence electrons. The lowest BCUT2D eigenvalue weighted by molar-refractivity contribution is 0.00668. The summed E-state index contributed by atoms with van der Waals surface area (Å²) in [5, 5.41) is 11.8. The lowest BCUT2D eigenvalue weighted by atomic mass is 9.80. The summed E-state index contributed by atoms with van der Waals surface area (Å²) in [4.78, 5) is 22.2. The van der Waals surface area contributed by atoms with Crippen LogP contribution in [0.3, 0.4) is 0 Å². The maximum atomic E-state index is 13.3. The first kappa shape index (κ1) is 19.1. The SMILES string of the molecule is O=C(c1ccc2ccccc2n1)N1CCC[C@@]2(COCCN(Cc3cn[nH]n3)C2)C1. The fourth-order valence-corrected chi connectivity index (χ4v) is 4.72. The predicted molar refractivity (Wildman–Crippen MR) is 112 cm³/mol. The Morgan fingerprint density at radius 2 is 2.10 bits per heavy atom. The number of piperidine rings is 1. The van der Waals surface area contributed by atoms with Crippen LogP contribution in [-0.2, 0) is 11.3 Å². The van der Waals surface area contributed by atoms with E-state index >= 15 is 0 Å². The van der Waals surface area contributed by atoms with E-state index in [9.17, 15) is 4.79 Å². The normalized spacial score (nSPS) is 23.0. The Morgan fingerprint density at radius 3 is 3.00 bits per heavy atom. The monoisotopic (exact) mass is 406 g/mol. The van der Waals surface area contributed by atoms with Gasteiger partial charge in [0.05, 0.1) is 30.6 Å². The lowest BCUT2D eigenvalue weighted by Gasteiger charge is -2.43. The Kier molecular flexibility index (Phi) is 5.18. The summed E-state index contributed by atoms with van der Waals surface area (Å²) in [6.07, 6.45) is 3.79. The summed E-state index contributed by atoms with van der Waals surface area (Å²) < 4.78 is 5.99. The van der Waals surface area contributed by atoms with Crippen molar-refractivity contribution in [2.45, 2.75) is 19.4 Å². The molecule has 1 amide bonds. The summed E-state index contributed by atoms with van der Waals surface area (Å²) >= 11 is 0. The standard InChI is InChI=1S/C22H26N6O2/c29-21(20-7-6-17-4-1-2-5-19(17)24-20)28-9-3-8-22(15-28)14-27(10-11-30-16-22)13-18-12-23-26-25-18/h1-2,4-7,12H,3,8-11,13-16H2,(H,23,25,26)/t22-/m0/s1. The molecule has 0 radical (unpaired) electrons. The zero-order valence-electron chi connectivity index (χ0n) is 17.0. The lowest BCUT2D eigenvalue weighted by Crippen LogP contribution is -2.52. The molecule has 2 aliphatic heterocycles. The van der Waals surface area contributed by atoms with Crippen LogP contribution in [0.1, 0.15) is 29.0 Å². The van der Waals surface area contributed by atoms with Gasteiger partial charge in [-0.1, -0.05) is 24.3 Å². The molecule has 1 aromatic carbocycles. The highest BCUT2D eigenvalue weighted by Crippen LogP contribution is 2.34. The molecule has 3 aromatic rings. The third kappa shape index (κ3) is 3.93. The van der Waals surface area contributed by atoms with E-state index in [4.69, 9.17) is 4.74 Å². The topological polar surface area (TPSA) is 87.2 Å². The maximum absolute atomic E-state index is 13.3. The molecule has 0 saturated carbocycles. The number of aromatic amines is 1. The average Bonchev–Trinajstić information content (AvgIpc) is 3.21. The minimum absolute atomic E-state index is 0.00660. The highest BCUT2D eigenvalue weighted by Gasteiger charge is 2.40. The molecular weight excluding hydrogens is 380 g/mol. The van der Waals surface area contributed by atoms with Gasteiger partial charge < -0.3 is 9.64 Å². The summed E-state index contributed by atoms with van der Waals surface area (Å²) in [7, 11) is 0. The molecular formula is C22H26N6O2. The van der Waals surface area contributed by atoms with Crippen LogP contribution in [0.4, 0.5) is 0 Å². The smallest absolute Gasteiger partial charge is 0.272 e. The first-order valence-electron chi connectivity index (χ1n) is 10.5. The van der Waals surface area contributed by atoms with Crippen LogP contribution in [-0.4, -0.2) is 75.5 Å². The van der Waals surface area contributed by atoms with Gasteiger partial charge in [0.25, 0.3) is 5.91 Å². The molecule has 1 spiro atoms. The molecule has 1 atom stereocenters. The van der Waals surface area contributed by atoms with Crippen molar-refractivity contribution in [2.75, 3.05) is 39.4 Å². The van der Waals surface area contributed by atoms with Crippen molar-refractivity contribution in [1.29, 1.82) is 0 Å². The van der Waals surface area contributed by atoms with Crippen molar-refractivity contribution in [3.63, 3.8) is 0 Å². The van der Waals surface area contributed by atoms with Gasteiger partial charge in [-0.3, -0.25) is 9.69 Å². The number of carbonyl (C=O) groups excluding carboxylic acids is 1. The van der Waals surface area contributed by atoms with Gasteiger partial charge in [-0.25, -0.2) is 4.98 Å². The molecule has 8 nitrogen and oxygen atoms in total. The highest BCUT2D eigenvalue weighted by molar-refractivity contribution is 5.95. The number of hydrogen-bond donors (Lipinski definition) is 1. The number of nitrogens with one attached hydrogen (secondary N) is 1. The highest BCUT2D eigenvalue weighted by atomic mass is 16.5. The van der Waals surface area contributed by atoms with Gasteiger partial charge in [0.2, 0.25) is 0 Å². The Balaban J connectivity index is 1.33. The van der Waals surface area contributed by atoms with Crippen molar-refractivity contribution >= 4 is 16.8 Å². The van der Waals surface area contributed by atoms with Gasteiger partial charge in [0, 0.05) is 43.5 Å². The molecule has 5 rings (SSSR count). The number of nitrogens with zero attached hydrogens (tertiary/aromatic N) is 5.